The normalized spacial score (nSPS) is 16.9. The van der Waals surface area contributed by atoms with Crippen LogP contribution in [0.15, 0.2) is 29.8 Å². The first kappa shape index (κ1) is 27.9. The molecule has 0 aromatic rings. The molecule has 1 rings (SSSR count). The Kier molecular flexibility index (Phi) is 13.7. The predicted octanol–water partition coefficient (Wildman–Crippen LogP) is 5.29. The van der Waals surface area contributed by atoms with E-state index in [2.05, 4.69) is 31.1 Å². The Labute approximate surface area is 183 Å². The maximum Gasteiger partial charge on any atom is 0.410 e. The Morgan fingerprint density at radius 2 is 1.93 bits per heavy atom. The third-order valence-electron chi connectivity index (χ3n) is 4.97. The summed E-state index contributed by atoms with van der Waals surface area (Å²) in [4.78, 5) is 18.0. The molecule has 1 unspecified atom stereocenters. The molecule has 1 N–H and O–H groups in total. The van der Waals surface area contributed by atoms with Crippen LogP contribution in [0.25, 0.3) is 0 Å². The van der Waals surface area contributed by atoms with Crippen LogP contribution in [0.5, 0.6) is 0 Å². The molecule has 6 heteroatoms. The quantitative estimate of drug-likeness (QED) is 0.428. The number of rotatable bonds is 8. The second-order valence-corrected chi connectivity index (χ2v) is 8.39. The van der Waals surface area contributed by atoms with Crippen molar-refractivity contribution in [3.8, 4) is 6.07 Å². The van der Waals surface area contributed by atoms with Gasteiger partial charge in [-0.1, -0.05) is 12.5 Å². The molecule has 0 radical (unpaired) electrons. The van der Waals surface area contributed by atoms with E-state index in [0.717, 1.165) is 38.5 Å². The van der Waals surface area contributed by atoms with Gasteiger partial charge in [-0.15, -0.1) is 13.2 Å². The average molecular weight is 420 g/mol. The number of allylic oxidation sites excluding steroid dienone is 2. The predicted molar refractivity (Wildman–Crippen MR) is 124 cm³/mol. The van der Waals surface area contributed by atoms with Crippen LogP contribution >= 0.6 is 0 Å². The fourth-order valence-electron chi connectivity index (χ4n) is 3.40. The van der Waals surface area contributed by atoms with Crippen molar-refractivity contribution in [3.63, 3.8) is 0 Å². The van der Waals surface area contributed by atoms with E-state index in [-0.39, 0.29) is 18.1 Å². The van der Waals surface area contributed by atoms with Gasteiger partial charge in [0.25, 0.3) is 0 Å². The summed E-state index contributed by atoms with van der Waals surface area (Å²) in [7, 11) is 0. The summed E-state index contributed by atoms with van der Waals surface area (Å²) >= 11 is 0. The van der Waals surface area contributed by atoms with Crippen molar-refractivity contribution in [2.45, 2.75) is 84.8 Å². The number of aliphatic hydroxyl groups is 1. The van der Waals surface area contributed by atoms with Crippen LogP contribution in [-0.4, -0.2) is 53.2 Å². The molecule has 170 valence electrons. The van der Waals surface area contributed by atoms with Crippen LogP contribution in [0.4, 0.5) is 4.79 Å². The molecule has 1 amide bonds. The van der Waals surface area contributed by atoms with Crippen molar-refractivity contribution in [3.05, 3.63) is 24.8 Å². The molecule has 1 heterocycles. The van der Waals surface area contributed by atoms with E-state index >= 15 is 0 Å². The second kappa shape index (κ2) is 14.8. The van der Waals surface area contributed by atoms with Gasteiger partial charge >= 0.3 is 6.09 Å². The Hall–Kier alpha value is -2.13. The van der Waals surface area contributed by atoms with E-state index in [1.54, 1.807) is 4.90 Å². The Morgan fingerprint density at radius 3 is 2.40 bits per heavy atom. The van der Waals surface area contributed by atoms with Gasteiger partial charge in [-0.05, 0) is 78.2 Å². The SMILES string of the molecule is C=C.CCN=C(C#N)/C=C(\CC)CCCC(O)C1CCN(C(=O)OC(C)(C)C)CC1. The Morgan fingerprint density at radius 1 is 1.33 bits per heavy atom. The molecule has 6 nitrogen and oxygen atoms in total. The molecular formula is C24H41N3O3. The monoisotopic (exact) mass is 419 g/mol. The molecule has 1 fully saturated rings. The van der Waals surface area contributed by atoms with E-state index in [1.165, 1.54) is 5.57 Å². The van der Waals surface area contributed by atoms with Crippen molar-refractivity contribution in [2.75, 3.05) is 19.6 Å². The molecule has 1 aliphatic rings. The lowest BCUT2D eigenvalue weighted by atomic mass is 9.88. The van der Waals surface area contributed by atoms with Crippen LogP contribution in [0.3, 0.4) is 0 Å². The lowest BCUT2D eigenvalue weighted by Gasteiger charge is -2.35. The van der Waals surface area contributed by atoms with Gasteiger partial charge < -0.3 is 14.7 Å². The lowest BCUT2D eigenvalue weighted by Crippen LogP contribution is -2.43. The summed E-state index contributed by atoms with van der Waals surface area (Å²) in [6.45, 7) is 17.5. The molecule has 1 atom stereocenters. The number of nitrogens with zero attached hydrogens (tertiary/aromatic N) is 3. The largest absolute Gasteiger partial charge is 0.444 e. The van der Waals surface area contributed by atoms with E-state index in [4.69, 9.17) is 10.00 Å². The topological polar surface area (TPSA) is 85.9 Å². The molecule has 0 bridgehead atoms. The van der Waals surface area contributed by atoms with Gasteiger partial charge in [0, 0.05) is 19.6 Å². The molecule has 0 aromatic heterocycles. The molecular weight excluding hydrogens is 378 g/mol. The number of hydrogen-bond donors (Lipinski definition) is 1. The summed E-state index contributed by atoms with van der Waals surface area (Å²) in [5.41, 5.74) is 1.20. The number of ether oxygens (including phenoxy) is 1. The summed E-state index contributed by atoms with van der Waals surface area (Å²) in [6.07, 6.45) is 6.26. The number of carbonyl (C=O) groups is 1. The number of hydrogen-bond acceptors (Lipinski definition) is 5. The summed E-state index contributed by atoms with van der Waals surface area (Å²) in [6, 6.07) is 2.13. The molecule has 30 heavy (non-hydrogen) atoms. The molecule has 0 saturated carbocycles. The zero-order valence-corrected chi connectivity index (χ0v) is 19.6. The Balaban J connectivity index is 0.00000407. The maximum absolute atomic E-state index is 12.1. The standard InChI is InChI=1S/C22H37N3O3.C2H4/c1-6-17(15-19(16-23)24-7-2)9-8-10-20(26)18-11-13-25(14-12-18)21(27)28-22(3,4)5;1-2/h15,18,20,26H,6-14H2,1-5H3;1-2H2/b17-15+,24-19?;. The van der Waals surface area contributed by atoms with Gasteiger partial charge in [0.05, 0.1) is 6.10 Å². The molecule has 0 spiro atoms. The fourth-order valence-corrected chi connectivity index (χ4v) is 3.40. The van der Waals surface area contributed by atoms with Crippen molar-refractivity contribution in [1.82, 2.24) is 4.90 Å². The summed E-state index contributed by atoms with van der Waals surface area (Å²) < 4.78 is 5.42. The van der Waals surface area contributed by atoms with Crippen molar-refractivity contribution < 1.29 is 14.6 Å². The summed E-state index contributed by atoms with van der Waals surface area (Å²) in [5, 5.41) is 19.7. The van der Waals surface area contributed by atoms with Crippen molar-refractivity contribution >= 4 is 11.8 Å². The molecule has 0 aliphatic carbocycles. The number of carbonyl (C=O) groups excluding carboxylic acids is 1. The third kappa shape index (κ3) is 11.2. The number of aliphatic imine (C=N–C) groups is 1. The van der Waals surface area contributed by atoms with Gasteiger partial charge in [-0.3, -0.25) is 4.99 Å². The zero-order chi connectivity index (χ0) is 23.2. The highest BCUT2D eigenvalue weighted by Crippen LogP contribution is 2.25. The molecule has 1 aliphatic heterocycles. The smallest absolute Gasteiger partial charge is 0.410 e. The van der Waals surface area contributed by atoms with Gasteiger partial charge in [0.2, 0.25) is 0 Å². The minimum absolute atomic E-state index is 0.226. The number of piperidine rings is 1. The van der Waals surface area contributed by atoms with Crippen LogP contribution < -0.4 is 0 Å². The first-order valence-corrected chi connectivity index (χ1v) is 11.0. The third-order valence-corrected chi connectivity index (χ3v) is 4.97. The zero-order valence-electron chi connectivity index (χ0n) is 19.6. The van der Waals surface area contributed by atoms with Gasteiger partial charge in [0.1, 0.15) is 17.4 Å². The van der Waals surface area contributed by atoms with Crippen LogP contribution in [0, 0.1) is 17.2 Å². The van der Waals surface area contributed by atoms with Gasteiger partial charge in [-0.25, -0.2) is 4.79 Å². The van der Waals surface area contributed by atoms with Crippen molar-refractivity contribution in [1.29, 1.82) is 5.26 Å². The number of aliphatic hydroxyl groups excluding tert-OH is 1. The van der Waals surface area contributed by atoms with Crippen LogP contribution in [-0.2, 0) is 4.74 Å². The van der Waals surface area contributed by atoms with E-state index in [0.29, 0.717) is 25.3 Å². The fraction of sp³-hybridized carbons (Fsp3) is 0.708. The minimum atomic E-state index is -0.481. The number of nitriles is 1. The van der Waals surface area contributed by atoms with Crippen LogP contribution in [0.1, 0.15) is 73.1 Å². The van der Waals surface area contributed by atoms with Gasteiger partial charge in [-0.2, -0.15) is 5.26 Å². The van der Waals surface area contributed by atoms with Crippen molar-refractivity contribution in [2.24, 2.45) is 10.9 Å². The number of amides is 1. The highest BCUT2D eigenvalue weighted by molar-refractivity contribution is 6.07. The van der Waals surface area contributed by atoms with Crippen LogP contribution in [0.2, 0.25) is 0 Å². The second-order valence-electron chi connectivity index (χ2n) is 8.39. The van der Waals surface area contributed by atoms with E-state index in [1.807, 2.05) is 33.8 Å². The molecule has 1 saturated heterocycles. The van der Waals surface area contributed by atoms with Gasteiger partial charge in [0.15, 0.2) is 0 Å². The van der Waals surface area contributed by atoms with E-state index in [9.17, 15) is 9.90 Å². The first-order valence-electron chi connectivity index (χ1n) is 11.0. The highest BCUT2D eigenvalue weighted by Gasteiger charge is 2.29. The molecule has 0 aromatic carbocycles. The van der Waals surface area contributed by atoms with E-state index < -0.39 is 5.60 Å². The summed E-state index contributed by atoms with van der Waals surface area (Å²) in [5.74, 6) is 0.226. The lowest BCUT2D eigenvalue weighted by molar-refractivity contribution is 0.00664. The Bertz CT molecular complexity index is 606. The minimum Gasteiger partial charge on any atom is -0.444 e. The number of likely N-dealkylation sites (tertiary alicyclic amines) is 1. The maximum atomic E-state index is 12.1. The highest BCUT2D eigenvalue weighted by atomic mass is 16.6. The average Bonchev–Trinajstić information content (AvgIpc) is 2.72. The first-order chi connectivity index (χ1) is 14.2.